The van der Waals surface area contributed by atoms with E-state index in [0.29, 0.717) is 12.2 Å². The van der Waals surface area contributed by atoms with E-state index in [2.05, 4.69) is 0 Å². The first-order valence-electron chi connectivity index (χ1n) is 6.67. The van der Waals surface area contributed by atoms with Gasteiger partial charge in [-0.3, -0.25) is 10.1 Å². The predicted octanol–water partition coefficient (Wildman–Crippen LogP) is 2.59. The number of carbonyl (C=O) groups is 1. The summed E-state index contributed by atoms with van der Waals surface area (Å²) >= 11 is 0. The number of anilines is 1. The topological polar surface area (TPSA) is 83.7 Å². The summed E-state index contributed by atoms with van der Waals surface area (Å²) in [5.41, 5.74) is 1.15. The summed E-state index contributed by atoms with van der Waals surface area (Å²) in [7, 11) is 0. The van der Waals surface area contributed by atoms with E-state index in [1.165, 1.54) is 6.07 Å². The van der Waals surface area contributed by atoms with Gasteiger partial charge in [-0.25, -0.2) is 4.79 Å². The molecule has 1 fully saturated rings. The number of aryl methyl sites for hydroxylation is 1. The highest BCUT2D eigenvalue weighted by Crippen LogP contribution is 2.37. The molecule has 1 aromatic rings. The lowest BCUT2D eigenvalue weighted by Crippen LogP contribution is -2.49. The van der Waals surface area contributed by atoms with Crippen molar-refractivity contribution in [3.63, 3.8) is 0 Å². The minimum absolute atomic E-state index is 0.0228. The highest BCUT2D eigenvalue weighted by atomic mass is 16.6. The molecule has 0 bridgehead atoms. The number of benzene rings is 1. The number of hydrogen-bond acceptors (Lipinski definition) is 4. The van der Waals surface area contributed by atoms with E-state index in [1.54, 1.807) is 24.0 Å². The summed E-state index contributed by atoms with van der Waals surface area (Å²) in [5, 5.41) is 20.7. The van der Waals surface area contributed by atoms with E-state index >= 15 is 0 Å². The molecule has 2 unspecified atom stereocenters. The Morgan fingerprint density at radius 1 is 1.50 bits per heavy atom. The Hall–Kier alpha value is -2.11. The van der Waals surface area contributed by atoms with Gasteiger partial charge in [0.1, 0.15) is 11.7 Å². The lowest BCUT2D eigenvalue weighted by atomic mass is 9.89. The molecule has 1 aliphatic heterocycles. The van der Waals surface area contributed by atoms with Gasteiger partial charge in [0.25, 0.3) is 5.69 Å². The number of carboxylic acids is 1. The average molecular weight is 278 g/mol. The minimum Gasteiger partial charge on any atom is -0.480 e. The van der Waals surface area contributed by atoms with Gasteiger partial charge in [0.2, 0.25) is 0 Å². The summed E-state index contributed by atoms with van der Waals surface area (Å²) in [5.74, 6) is -0.949. The molecule has 1 saturated heterocycles. The first-order valence-corrected chi connectivity index (χ1v) is 6.67. The fourth-order valence-corrected chi connectivity index (χ4v) is 2.98. The maximum atomic E-state index is 11.5. The number of carboxylic acid groups (broad SMARTS) is 1. The second-order valence-electron chi connectivity index (χ2n) is 5.30. The molecule has 1 heterocycles. The molecule has 1 N–H and O–H groups in total. The van der Waals surface area contributed by atoms with Crippen LogP contribution in [0.5, 0.6) is 0 Å². The van der Waals surface area contributed by atoms with Crippen molar-refractivity contribution >= 4 is 17.3 Å². The number of nitro groups is 1. The van der Waals surface area contributed by atoms with Gasteiger partial charge >= 0.3 is 5.97 Å². The summed E-state index contributed by atoms with van der Waals surface area (Å²) in [6.45, 7) is 4.20. The highest BCUT2D eigenvalue weighted by Gasteiger charge is 2.37. The summed E-state index contributed by atoms with van der Waals surface area (Å²) < 4.78 is 0. The number of hydrogen-bond donors (Lipinski definition) is 1. The van der Waals surface area contributed by atoms with Crippen LogP contribution < -0.4 is 4.90 Å². The van der Waals surface area contributed by atoms with Gasteiger partial charge in [0.05, 0.1) is 4.92 Å². The maximum absolute atomic E-state index is 11.5. The first-order chi connectivity index (χ1) is 9.43. The molecule has 108 valence electrons. The summed E-state index contributed by atoms with van der Waals surface area (Å²) in [6.07, 6.45) is 1.67. The SMILES string of the molecule is Cc1cccc([N+](=O)[O-])c1N1CCCC(C)C1C(=O)O. The molecule has 6 heteroatoms. The van der Waals surface area contributed by atoms with Crippen LogP contribution in [0.15, 0.2) is 18.2 Å². The lowest BCUT2D eigenvalue weighted by molar-refractivity contribution is -0.384. The normalized spacial score (nSPS) is 22.6. The molecule has 0 aromatic heterocycles. The zero-order chi connectivity index (χ0) is 14.9. The third kappa shape index (κ3) is 2.45. The number of para-hydroxylation sites is 1. The van der Waals surface area contributed by atoms with E-state index in [9.17, 15) is 20.0 Å². The van der Waals surface area contributed by atoms with Crippen molar-refractivity contribution in [1.82, 2.24) is 0 Å². The van der Waals surface area contributed by atoms with Crippen molar-refractivity contribution in [2.45, 2.75) is 32.7 Å². The largest absolute Gasteiger partial charge is 0.480 e. The average Bonchev–Trinajstić information content (AvgIpc) is 2.37. The molecule has 1 aliphatic rings. The van der Waals surface area contributed by atoms with Gasteiger partial charge in [-0.2, -0.15) is 0 Å². The van der Waals surface area contributed by atoms with Crippen LogP contribution in [-0.4, -0.2) is 28.6 Å². The van der Waals surface area contributed by atoms with E-state index in [0.717, 1.165) is 18.4 Å². The molecule has 2 rings (SSSR count). The molecular formula is C14H18N2O4. The van der Waals surface area contributed by atoms with Crippen LogP contribution in [0.25, 0.3) is 0 Å². The van der Waals surface area contributed by atoms with Crippen LogP contribution in [0, 0.1) is 23.0 Å². The van der Waals surface area contributed by atoms with Crippen molar-refractivity contribution in [3.8, 4) is 0 Å². The Balaban J connectivity index is 2.53. The minimum atomic E-state index is -0.922. The van der Waals surface area contributed by atoms with Crippen LogP contribution in [-0.2, 0) is 4.79 Å². The molecule has 6 nitrogen and oxygen atoms in total. The Kier molecular flexibility index (Phi) is 3.92. The first kappa shape index (κ1) is 14.3. The Labute approximate surface area is 117 Å². The molecular weight excluding hydrogens is 260 g/mol. The van der Waals surface area contributed by atoms with Gasteiger partial charge in [-0.15, -0.1) is 0 Å². The second-order valence-corrected chi connectivity index (χ2v) is 5.30. The van der Waals surface area contributed by atoms with Gasteiger partial charge in [-0.05, 0) is 31.2 Å². The second kappa shape index (κ2) is 5.48. The maximum Gasteiger partial charge on any atom is 0.326 e. The van der Waals surface area contributed by atoms with Crippen molar-refractivity contribution in [2.24, 2.45) is 5.92 Å². The van der Waals surface area contributed by atoms with Crippen molar-refractivity contribution in [3.05, 3.63) is 33.9 Å². The smallest absolute Gasteiger partial charge is 0.326 e. The predicted molar refractivity (Wildman–Crippen MR) is 75.0 cm³/mol. The van der Waals surface area contributed by atoms with Gasteiger partial charge in [0, 0.05) is 12.6 Å². The number of aliphatic carboxylic acids is 1. The van der Waals surface area contributed by atoms with Crippen molar-refractivity contribution < 1.29 is 14.8 Å². The zero-order valence-corrected chi connectivity index (χ0v) is 11.6. The van der Waals surface area contributed by atoms with Crippen molar-refractivity contribution in [2.75, 3.05) is 11.4 Å². The molecule has 0 aliphatic carbocycles. The molecule has 0 saturated carbocycles. The summed E-state index contributed by atoms with van der Waals surface area (Å²) in [4.78, 5) is 24.0. The molecule has 20 heavy (non-hydrogen) atoms. The van der Waals surface area contributed by atoms with Crippen LogP contribution in [0.2, 0.25) is 0 Å². The van der Waals surface area contributed by atoms with Crippen LogP contribution in [0.1, 0.15) is 25.3 Å². The van der Waals surface area contributed by atoms with Gasteiger partial charge in [-0.1, -0.05) is 19.1 Å². The van der Waals surface area contributed by atoms with E-state index < -0.39 is 16.9 Å². The standard InChI is InChI=1S/C14H18N2O4/c1-9-5-3-7-11(16(19)20)12(9)15-8-4-6-10(2)13(15)14(17)18/h3,5,7,10,13H,4,6,8H2,1-2H3,(H,17,18). The third-order valence-corrected chi connectivity index (χ3v) is 3.89. The quantitative estimate of drug-likeness (QED) is 0.678. The number of piperidine rings is 1. The highest BCUT2D eigenvalue weighted by molar-refractivity contribution is 5.81. The zero-order valence-electron chi connectivity index (χ0n) is 11.6. The van der Waals surface area contributed by atoms with Crippen LogP contribution in [0.4, 0.5) is 11.4 Å². The molecule has 0 spiro atoms. The van der Waals surface area contributed by atoms with Gasteiger partial charge < -0.3 is 10.0 Å². The molecule has 1 aromatic carbocycles. The Morgan fingerprint density at radius 3 is 2.80 bits per heavy atom. The van der Waals surface area contributed by atoms with Crippen molar-refractivity contribution in [1.29, 1.82) is 0 Å². The van der Waals surface area contributed by atoms with Crippen LogP contribution >= 0.6 is 0 Å². The number of nitro benzene ring substituents is 1. The molecule has 0 amide bonds. The molecule has 0 radical (unpaired) electrons. The fraction of sp³-hybridized carbons (Fsp3) is 0.500. The number of rotatable bonds is 3. The lowest BCUT2D eigenvalue weighted by Gasteiger charge is -2.39. The van der Waals surface area contributed by atoms with Crippen LogP contribution in [0.3, 0.4) is 0 Å². The molecule has 2 atom stereocenters. The third-order valence-electron chi connectivity index (χ3n) is 3.89. The van der Waals surface area contributed by atoms with E-state index in [4.69, 9.17) is 0 Å². The monoisotopic (exact) mass is 278 g/mol. The summed E-state index contributed by atoms with van der Waals surface area (Å²) in [6, 6.07) is 4.13. The van der Waals surface area contributed by atoms with E-state index in [-0.39, 0.29) is 11.6 Å². The Bertz CT molecular complexity index is 544. The van der Waals surface area contributed by atoms with E-state index in [1.807, 2.05) is 6.92 Å². The Morgan fingerprint density at radius 2 is 2.20 bits per heavy atom. The number of nitrogens with zero attached hydrogens (tertiary/aromatic N) is 2. The fourth-order valence-electron chi connectivity index (χ4n) is 2.98. The van der Waals surface area contributed by atoms with Gasteiger partial charge in [0.15, 0.2) is 0 Å².